The molecule has 23 heavy (non-hydrogen) atoms. The average Bonchev–Trinajstić information content (AvgIpc) is 3.03. The van der Waals surface area contributed by atoms with Crippen molar-refractivity contribution in [2.75, 3.05) is 11.9 Å². The standard InChI is InChI=1S/C17H19N3O3/c1-2-23-17(22)11-3-6-13(7-4-11)20-16(21)12-5-8-14-15(9-12)19-10-18-14/h3-4,6-7,10,12H,2,5,8-9H2,1H3,(H,18,19)(H,20,21). The second kappa shape index (κ2) is 6.64. The van der Waals surface area contributed by atoms with E-state index >= 15 is 0 Å². The summed E-state index contributed by atoms with van der Waals surface area (Å²) in [6.45, 7) is 2.11. The van der Waals surface area contributed by atoms with Gasteiger partial charge in [-0.1, -0.05) is 0 Å². The first-order chi connectivity index (χ1) is 11.2. The number of hydrogen-bond acceptors (Lipinski definition) is 4. The zero-order valence-electron chi connectivity index (χ0n) is 13.0. The van der Waals surface area contributed by atoms with Crippen LogP contribution in [0.2, 0.25) is 0 Å². The number of nitrogens with one attached hydrogen (secondary N) is 2. The van der Waals surface area contributed by atoms with Crippen LogP contribution in [0.1, 0.15) is 35.1 Å². The molecule has 0 saturated heterocycles. The van der Waals surface area contributed by atoms with Crippen LogP contribution < -0.4 is 5.32 Å². The summed E-state index contributed by atoms with van der Waals surface area (Å²) in [5.74, 6) is -0.425. The Balaban J connectivity index is 1.61. The number of aromatic nitrogens is 2. The SMILES string of the molecule is CCOC(=O)c1ccc(NC(=O)C2CCc3nc[nH]c3C2)cc1. The molecule has 3 rings (SSSR count). The van der Waals surface area contributed by atoms with Crippen LogP contribution in [0.3, 0.4) is 0 Å². The predicted octanol–water partition coefficient (Wildman–Crippen LogP) is 2.33. The number of nitrogens with zero attached hydrogens (tertiary/aromatic N) is 1. The zero-order valence-corrected chi connectivity index (χ0v) is 13.0. The molecule has 6 heteroatoms. The molecule has 1 unspecified atom stereocenters. The summed E-state index contributed by atoms with van der Waals surface area (Å²) in [6, 6.07) is 6.74. The van der Waals surface area contributed by atoms with E-state index in [1.165, 1.54) is 0 Å². The zero-order chi connectivity index (χ0) is 16.2. The Bertz CT molecular complexity index is 706. The number of carbonyl (C=O) groups is 2. The van der Waals surface area contributed by atoms with Crippen molar-refractivity contribution in [1.82, 2.24) is 9.97 Å². The van der Waals surface area contributed by atoms with Crippen LogP contribution in [-0.2, 0) is 22.4 Å². The molecule has 1 aliphatic rings. The maximum absolute atomic E-state index is 12.4. The van der Waals surface area contributed by atoms with Gasteiger partial charge in [0.1, 0.15) is 0 Å². The fraction of sp³-hybridized carbons (Fsp3) is 0.353. The molecule has 0 bridgehead atoms. The van der Waals surface area contributed by atoms with E-state index < -0.39 is 0 Å². The molecule has 1 aromatic heterocycles. The number of ether oxygens (including phenoxy) is 1. The number of esters is 1. The number of hydrogen-bond donors (Lipinski definition) is 2. The van der Waals surface area contributed by atoms with Gasteiger partial charge >= 0.3 is 5.97 Å². The van der Waals surface area contributed by atoms with Crippen LogP contribution in [0.5, 0.6) is 0 Å². The van der Waals surface area contributed by atoms with Gasteiger partial charge in [0.05, 0.1) is 24.2 Å². The minimum absolute atomic E-state index is 0.00543. The van der Waals surface area contributed by atoms with Crippen molar-refractivity contribution in [2.24, 2.45) is 5.92 Å². The Morgan fingerprint density at radius 3 is 2.87 bits per heavy atom. The molecule has 1 aromatic carbocycles. The van der Waals surface area contributed by atoms with Gasteiger partial charge in [0.25, 0.3) is 0 Å². The minimum atomic E-state index is -0.357. The van der Waals surface area contributed by atoms with Crippen LogP contribution in [0.25, 0.3) is 0 Å². The molecule has 2 N–H and O–H groups in total. The van der Waals surface area contributed by atoms with E-state index in [-0.39, 0.29) is 17.8 Å². The van der Waals surface area contributed by atoms with Gasteiger partial charge in [-0.3, -0.25) is 4.79 Å². The quantitative estimate of drug-likeness (QED) is 0.849. The largest absolute Gasteiger partial charge is 0.462 e. The number of fused-ring (bicyclic) bond motifs is 1. The number of aromatic amines is 1. The van der Waals surface area contributed by atoms with Crippen molar-refractivity contribution in [3.8, 4) is 0 Å². The van der Waals surface area contributed by atoms with Crippen molar-refractivity contribution < 1.29 is 14.3 Å². The van der Waals surface area contributed by atoms with Gasteiger partial charge in [0.2, 0.25) is 5.91 Å². The summed E-state index contributed by atoms with van der Waals surface area (Å²) in [4.78, 5) is 31.3. The molecule has 1 heterocycles. The van der Waals surface area contributed by atoms with E-state index in [9.17, 15) is 9.59 Å². The van der Waals surface area contributed by atoms with Crippen molar-refractivity contribution in [1.29, 1.82) is 0 Å². The smallest absolute Gasteiger partial charge is 0.338 e. The first-order valence-corrected chi connectivity index (χ1v) is 7.76. The van der Waals surface area contributed by atoms with E-state index in [0.29, 0.717) is 24.3 Å². The molecule has 0 fully saturated rings. The first kappa shape index (κ1) is 15.3. The molecule has 1 aliphatic carbocycles. The lowest BCUT2D eigenvalue weighted by atomic mass is 9.89. The number of H-pyrrole nitrogens is 1. The third-order valence-corrected chi connectivity index (χ3v) is 4.02. The highest BCUT2D eigenvalue weighted by atomic mass is 16.5. The number of anilines is 1. The number of imidazole rings is 1. The highest BCUT2D eigenvalue weighted by Crippen LogP contribution is 2.24. The highest BCUT2D eigenvalue weighted by molar-refractivity contribution is 5.94. The van der Waals surface area contributed by atoms with E-state index in [2.05, 4.69) is 15.3 Å². The van der Waals surface area contributed by atoms with Crippen LogP contribution in [0.15, 0.2) is 30.6 Å². The summed E-state index contributed by atoms with van der Waals surface area (Å²) >= 11 is 0. The van der Waals surface area contributed by atoms with Crippen molar-refractivity contribution in [2.45, 2.75) is 26.2 Å². The van der Waals surface area contributed by atoms with E-state index in [4.69, 9.17) is 4.74 Å². The van der Waals surface area contributed by atoms with Crippen LogP contribution in [0.4, 0.5) is 5.69 Å². The van der Waals surface area contributed by atoms with Crippen molar-refractivity contribution in [3.05, 3.63) is 47.5 Å². The molecule has 2 aromatic rings. The Kier molecular flexibility index (Phi) is 4.41. The van der Waals surface area contributed by atoms with Gasteiger partial charge in [0.15, 0.2) is 0 Å². The molecule has 1 atom stereocenters. The Labute approximate surface area is 134 Å². The predicted molar refractivity (Wildman–Crippen MR) is 85.1 cm³/mol. The monoisotopic (exact) mass is 313 g/mol. The second-order valence-corrected chi connectivity index (χ2v) is 5.55. The average molecular weight is 313 g/mol. The van der Waals surface area contributed by atoms with Crippen LogP contribution >= 0.6 is 0 Å². The topological polar surface area (TPSA) is 84.1 Å². The summed E-state index contributed by atoms with van der Waals surface area (Å²) < 4.78 is 4.93. The maximum Gasteiger partial charge on any atom is 0.338 e. The highest BCUT2D eigenvalue weighted by Gasteiger charge is 2.26. The van der Waals surface area contributed by atoms with Gasteiger partial charge in [-0.2, -0.15) is 0 Å². The second-order valence-electron chi connectivity index (χ2n) is 5.55. The normalized spacial score (nSPS) is 16.5. The van der Waals surface area contributed by atoms with Gasteiger partial charge < -0.3 is 15.0 Å². The third kappa shape index (κ3) is 3.41. The number of aryl methyl sites for hydroxylation is 1. The Morgan fingerprint density at radius 1 is 1.35 bits per heavy atom. The van der Waals surface area contributed by atoms with Crippen LogP contribution in [-0.4, -0.2) is 28.5 Å². The van der Waals surface area contributed by atoms with Gasteiger partial charge in [-0.25, -0.2) is 9.78 Å². The maximum atomic E-state index is 12.4. The molecule has 0 saturated carbocycles. The molecule has 6 nitrogen and oxygen atoms in total. The van der Waals surface area contributed by atoms with Crippen molar-refractivity contribution >= 4 is 17.6 Å². The van der Waals surface area contributed by atoms with Gasteiger partial charge in [-0.15, -0.1) is 0 Å². The lowest BCUT2D eigenvalue weighted by Gasteiger charge is -2.20. The van der Waals surface area contributed by atoms with E-state index in [1.807, 2.05) is 0 Å². The Morgan fingerprint density at radius 2 is 2.13 bits per heavy atom. The summed E-state index contributed by atoms with van der Waals surface area (Å²) in [6.07, 6.45) is 3.98. The van der Waals surface area contributed by atoms with Gasteiger partial charge in [0, 0.05) is 23.7 Å². The molecular formula is C17H19N3O3. The van der Waals surface area contributed by atoms with Gasteiger partial charge in [-0.05, 0) is 44.0 Å². The number of rotatable bonds is 4. The Hall–Kier alpha value is -2.63. The minimum Gasteiger partial charge on any atom is -0.462 e. The van der Waals surface area contributed by atoms with E-state index in [0.717, 1.165) is 24.2 Å². The first-order valence-electron chi connectivity index (χ1n) is 7.76. The summed E-state index contributed by atoms with van der Waals surface area (Å²) in [5.41, 5.74) is 3.27. The number of benzene rings is 1. The molecule has 1 amide bonds. The molecular weight excluding hydrogens is 294 g/mol. The van der Waals surface area contributed by atoms with Crippen LogP contribution in [0, 0.1) is 5.92 Å². The lowest BCUT2D eigenvalue weighted by Crippen LogP contribution is -2.28. The van der Waals surface area contributed by atoms with E-state index in [1.54, 1.807) is 37.5 Å². The third-order valence-electron chi connectivity index (χ3n) is 4.02. The summed E-state index contributed by atoms with van der Waals surface area (Å²) in [5, 5.41) is 2.91. The lowest BCUT2D eigenvalue weighted by molar-refractivity contribution is -0.120. The summed E-state index contributed by atoms with van der Waals surface area (Å²) in [7, 11) is 0. The molecule has 0 aliphatic heterocycles. The number of amides is 1. The van der Waals surface area contributed by atoms with Crippen molar-refractivity contribution in [3.63, 3.8) is 0 Å². The fourth-order valence-corrected chi connectivity index (χ4v) is 2.77. The molecule has 0 spiro atoms. The number of carbonyl (C=O) groups excluding carboxylic acids is 2. The molecule has 120 valence electrons. The molecule has 0 radical (unpaired) electrons. The fourth-order valence-electron chi connectivity index (χ4n) is 2.77.